The van der Waals surface area contributed by atoms with Gasteiger partial charge in [-0.1, -0.05) is 0 Å². The summed E-state index contributed by atoms with van der Waals surface area (Å²) in [6, 6.07) is 6.81. The number of carbonyl (C=O) groups is 1. The van der Waals surface area contributed by atoms with E-state index in [9.17, 15) is 4.79 Å². The Bertz CT molecular complexity index is 393. The second-order valence-electron chi connectivity index (χ2n) is 3.66. The smallest absolute Gasteiger partial charge is 0.157 e. The van der Waals surface area contributed by atoms with Crippen molar-refractivity contribution in [2.45, 2.75) is 19.3 Å². The van der Waals surface area contributed by atoms with Crippen LogP contribution in [0.1, 0.15) is 19.3 Å². The normalized spacial score (nSPS) is 16.0. The molecule has 0 aromatic heterocycles. The Morgan fingerprint density at radius 3 is 2.53 bits per heavy atom. The first-order chi connectivity index (χ1) is 7.24. The zero-order valence-electron chi connectivity index (χ0n) is 8.36. The zero-order chi connectivity index (χ0) is 10.7. The largest absolute Gasteiger partial charge is 0.508 e. The van der Waals surface area contributed by atoms with E-state index < -0.39 is 0 Å². The highest BCUT2D eigenvalue weighted by atomic mass is 16.3. The lowest BCUT2D eigenvalue weighted by atomic mass is 10.0. The molecule has 78 valence electrons. The minimum Gasteiger partial charge on any atom is -0.508 e. The number of phenols is 1. The van der Waals surface area contributed by atoms with E-state index in [1.54, 1.807) is 30.3 Å². The van der Waals surface area contributed by atoms with Gasteiger partial charge in [0, 0.05) is 23.9 Å². The topological polar surface area (TPSA) is 49.3 Å². The van der Waals surface area contributed by atoms with E-state index in [0.717, 1.165) is 24.2 Å². The van der Waals surface area contributed by atoms with Gasteiger partial charge in [0.15, 0.2) is 5.78 Å². The van der Waals surface area contributed by atoms with E-state index in [1.165, 1.54) is 0 Å². The van der Waals surface area contributed by atoms with Crippen LogP contribution in [-0.2, 0) is 4.79 Å². The van der Waals surface area contributed by atoms with Crippen molar-refractivity contribution in [1.82, 2.24) is 0 Å². The van der Waals surface area contributed by atoms with Gasteiger partial charge in [-0.2, -0.15) is 0 Å². The molecule has 0 saturated heterocycles. The van der Waals surface area contributed by atoms with E-state index in [-0.39, 0.29) is 11.5 Å². The molecule has 3 nitrogen and oxygen atoms in total. The number of hydrogen-bond donors (Lipinski definition) is 2. The van der Waals surface area contributed by atoms with E-state index in [0.29, 0.717) is 6.42 Å². The molecule has 0 saturated carbocycles. The molecule has 2 N–H and O–H groups in total. The SMILES string of the molecule is O=C1C=C(Nc2ccc(O)cc2)CCC1. The summed E-state index contributed by atoms with van der Waals surface area (Å²) in [5.74, 6) is 0.428. The number of carbonyl (C=O) groups excluding carboxylic acids is 1. The van der Waals surface area contributed by atoms with Gasteiger partial charge >= 0.3 is 0 Å². The molecule has 3 heteroatoms. The molecule has 2 rings (SSSR count). The van der Waals surface area contributed by atoms with E-state index >= 15 is 0 Å². The molecule has 0 unspecified atom stereocenters. The maximum Gasteiger partial charge on any atom is 0.157 e. The first-order valence-electron chi connectivity index (χ1n) is 5.03. The molecule has 0 amide bonds. The van der Waals surface area contributed by atoms with Crippen molar-refractivity contribution in [3.05, 3.63) is 36.0 Å². The number of benzene rings is 1. The average Bonchev–Trinajstić information content (AvgIpc) is 2.22. The van der Waals surface area contributed by atoms with Gasteiger partial charge in [-0.05, 0) is 37.1 Å². The van der Waals surface area contributed by atoms with Crippen molar-refractivity contribution in [2.75, 3.05) is 5.32 Å². The lowest BCUT2D eigenvalue weighted by molar-refractivity contribution is -0.115. The highest BCUT2D eigenvalue weighted by Crippen LogP contribution is 2.20. The molecular weight excluding hydrogens is 190 g/mol. The number of phenolic OH excluding ortho intramolecular Hbond substituents is 1. The van der Waals surface area contributed by atoms with Crippen LogP contribution in [0.2, 0.25) is 0 Å². The fourth-order valence-electron chi connectivity index (χ4n) is 1.62. The highest BCUT2D eigenvalue weighted by Gasteiger charge is 2.09. The lowest BCUT2D eigenvalue weighted by Crippen LogP contribution is -2.08. The van der Waals surface area contributed by atoms with Crippen molar-refractivity contribution in [2.24, 2.45) is 0 Å². The Labute approximate surface area is 88.4 Å². The van der Waals surface area contributed by atoms with E-state index in [2.05, 4.69) is 5.32 Å². The first kappa shape index (κ1) is 9.77. The maximum absolute atomic E-state index is 11.2. The minimum atomic E-state index is 0.183. The molecule has 1 aromatic carbocycles. The Balaban J connectivity index is 2.08. The van der Waals surface area contributed by atoms with Crippen molar-refractivity contribution in [3.8, 4) is 5.75 Å². The predicted molar refractivity (Wildman–Crippen MR) is 58.7 cm³/mol. The van der Waals surface area contributed by atoms with Gasteiger partial charge in [0.05, 0.1) is 0 Å². The van der Waals surface area contributed by atoms with Crippen LogP contribution < -0.4 is 5.32 Å². The van der Waals surface area contributed by atoms with Crippen LogP contribution >= 0.6 is 0 Å². The molecule has 0 fully saturated rings. The Hall–Kier alpha value is -1.77. The van der Waals surface area contributed by atoms with Crippen LogP contribution in [-0.4, -0.2) is 10.9 Å². The van der Waals surface area contributed by atoms with Crippen molar-refractivity contribution >= 4 is 11.5 Å². The van der Waals surface area contributed by atoms with Gasteiger partial charge in [-0.15, -0.1) is 0 Å². The summed E-state index contributed by atoms with van der Waals surface area (Å²) < 4.78 is 0. The van der Waals surface area contributed by atoms with Crippen LogP contribution in [0, 0.1) is 0 Å². The summed E-state index contributed by atoms with van der Waals surface area (Å²) in [6.45, 7) is 0. The molecule has 0 aliphatic heterocycles. The van der Waals surface area contributed by atoms with Crippen molar-refractivity contribution in [3.63, 3.8) is 0 Å². The Morgan fingerprint density at radius 2 is 1.87 bits per heavy atom. The van der Waals surface area contributed by atoms with Gasteiger partial charge in [-0.25, -0.2) is 0 Å². The summed E-state index contributed by atoms with van der Waals surface area (Å²) in [5, 5.41) is 12.3. The van der Waals surface area contributed by atoms with Gasteiger partial charge in [-0.3, -0.25) is 4.79 Å². The fraction of sp³-hybridized carbons (Fsp3) is 0.250. The summed E-state index contributed by atoms with van der Waals surface area (Å²) in [5.41, 5.74) is 1.85. The van der Waals surface area contributed by atoms with E-state index in [4.69, 9.17) is 5.11 Å². The third-order valence-electron chi connectivity index (χ3n) is 2.38. The lowest BCUT2D eigenvalue weighted by Gasteiger charge is -2.14. The summed E-state index contributed by atoms with van der Waals surface area (Å²) in [7, 11) is 0. The van der Waals surface area contributed by atoms with Gasteiger partial charge < -0.3 is 10.4 Å². The minimum absolute atomic E-state index is 0.183. The Morgan fingerprint density at radius 1 is 1.13 bits per heavy atom. The monoisotopic (exact) mass is 203 g/mol. The second-order valence-corrected chi connectivity index (χ2v) is 3.66. The molecule has 1 aromatic rings. The third-order valence-corrected chi connectivity index (χ3v) is 2.38. The molecule has 1 aliphatic carbocycles. The fourth-order valence-corrected chi connectivity index (χ4v) is 1.62. The summed E-state index contributed by atoms with van der Waals surface area (Å²) in [4.78, 5) is 11.2. The van der Waals surface area contributed by atoms with Gasteiger partial charge in [0.1, 0.15) is 5.75 Å². The first-order valence-corrected chi connectivity index (χ1v) is 5.03. The average molecular weight is 203 g/mol. The van der Waals surface area contributed by atoms with Crippen LogP contribution in [0.3, 0.4) is 0 Å². The number of aromatic hydroxyl groups is 1. The van der Waals surface area contributed by atoms with Crippen LogP contribution in [0.4, 0.5) is 5.69 Å². The predicted octanol–water partition coefficient (Wildman–Crippen LogP) is 2.44. The van der Waals surface area contributed by atoms with Crippen molar-refractivity contribution < 1.29 is 9.90 Å². The molecule has 0 bridgehead atoms. The number of nitrogens with one attached hydrogen (secondary N) is 1. The summed E-state index contributed by atoms with van der Waals surface area (Å²) in [6.07, 6.45) is 4.14. The summed E-state index contributed by atoms with van der Waals surface area (Å²) >= 11 is 0. The van der Waals surface area contributed by atoms with Crippen molar-refractivity contribution in [1.29, 1.82) is 0 Å². The number of allylic oxidation sites excluding steroid dienone is 2. The van der Waals surface area contributed by atoms with E-state index in [1.807, 2.05) is 0 Å². The Kier molecular flexibility index (Phi) is 2.72. The number of hydrogen-bond acceptors (Lipinski definition) is 3. The quantitative estimate of drug-likeness (QED) is 0.726. The zero-order valence-corrected chi connectivity index (χ0v) is 8.36. The third kappa shape index (κ3) is 2.59. The standard InChI is InChI=1S/C12H13NO2/c14-11-6-4-9(5-7-11)13-10-2-1-3-12(15)8-10/h4-8,13-14H,1-3H2. The molecule has 0 atom stereocenters. The van der Waals surface area contributed by atoms with Crippen LogP contribution in [0.15, 0.2) is 36.0 Å². The second kappa shape index (κ2) is 4.17. The van der Waals surface area contributed by atoms with Crippen LogP contribution in [0.25, 0.3) is 0 Å². The molecule has 15 heavy (non-hydrogen) atoms. The molecular formula is C12H13NO2. The molecule has 1 aliphatic rings. The molecule has 0 heterocycles. The van der Waals surface area contributed by atoms with Gasteiger partial charge in [0.2, 0.25) is 0 Å². The maximum atomic E-state index is 11.2. The van der Waals surface area contributed by atoms with Crippen LogP contribution in [0.5, 0.6) is 5.75 Å². The molecule has 0 spiro atoms. The highest BCUT2D eigenvalue weighted by molar-refractivity contribution is 5.91. The number of ketones is 1. The molecule has 0 radical (unpaired) electrons. The van der Waals surface area contributed by atoms with Gasteiger partial charge in [0.25, 0.3) is 0 Å². The number of rotatable bonds is 2. The number of anilines is 1.